The maximum atomic E-state index is 11.9. The van der Waals surface area contributed by atoms with Crippen LogP contribution in [0.2, 0.25) is 0 Å². The van der Waals surface area contributed by atoms with Gasteiger partial charge in [-0.25, -0.2) is 0 Å². The van der Waals surface area contributed by atoms with E-state index >= 15 is 0 Å². The summed E-state index contributed by atoms with van der Waals surface area (Å²) < 4.78 is 0. The Balaban J connectivity index is 1.97. The fraction of sp³-hybridized carbons (Fsp3) is 0.467. The Morgan fingerprint density at radius 3 is 2.60 bits per heavy atom. The molecule has 1 aliphatic rings. The number of nitrogens with one attached hydrogen (secondary N) is 2. The minimum atomic E-state index is -0.0913. The Morgan fingerprint density at radius 2 is 2.05 bits per heavy atom. The Kier molecular flexibility index (Phi) is 4.74. The van der Waals surface area contributed by atoms with E-state index in [2.05, 4.69) is 10.6 Å². The normalized spacial score (nSPS) is 16.3. The summed E-state index contributed by atoms with van der Waals surface area (Å²) in [7, 11) is 1.86. The van der Waals surface area contributed by atoms with Gasteiger partial charge in [0.25, 0.3) is 5.91 Å². The van der Waals surface area contributed by atoms with E-state index in [1.54, 1.807) is 17.0 Å². The molecule has 1 saturated heterocycles. The van der Waals surface area contributed by atoms with Crippen molar-refractivity contribution in [3.63, 3.8) is 0 Å². The summed E-state index contributed by atoms with van der Waals surface area (Å²) in [5.74, 6) is 0.0662. The van der Waals surface area contributed by atoms with Crippen molar-refractivity contribution in [3.8, 4) is 0 Å². The Hall–Kier alpha value is -1.88. The average Bonchev–Trinajstić information content (AvgIpc) is 2.90. The number of benzene rings is 1. The lowest BCUT2D eigenvalue weighted by Crippen LogP contribution is -2.37. The number of hydrogen-bond acceptors (Lipinski definition) is 3. The van der Waals surface area contributed by atoms with Crippen LogP contribution in [0.15, 0.2) is 24.3 Å². The van der Waals surface area contributed by atoms with Gasteiger partial charge >= 0.3 is 0 Å². The van der Waals surface area contributed by atoms with Crippen molar-refractivity contribution in [2.24, 2.45) is 0 Å². The minimum Gasteiger partial charge on any atom is -0.350 e. The van der Waals surface area contributed by atoms with Gasteiger partial charge in [-0.15, -0.1) is 0 Å². The average molecular weight is 275 g/mol. The van der Waals surface area contributed by atoms with E-state index in [9.17, 15) is 9.59 Å². The van der Waals surface area contributed by atoms with Crippen LogP contribution in [0.25, 0.3) is 0 Å². The first-order valence-electron chi connectivity index (χ1n) is 6.97. The lowest BCUT2D eigenvalue weighted by atomic mass is 10.2. The molecule has 0 saturated carbocycles. The molecule has 108 valence electrons. The summed E-state index contributed by atoms with van der Waals surface area (Å²) in [4.78, 5) is 25.4. The summed E-state index contributed by atoms with van der Waals surface area (Å²) in [6.45, 7) is 3.36. The van der Waals surface area contributed by atoms with Crippen LogP contribution in [0.3, 0.4) is 0 Å². The van der Waals surface area contributed by atoms with Gasteiger partial charge in [0.2, 0.25) is 5.91 Å². The number of carbonyl (C=O) groups excluding carboxylic acids is 2. The van der Waals surface area contributed by atoms with Gasteiger partial charge in [0.15, 0.2) is 0 Å². The van der Waals surface area contributed by atoms with E-state index in [4.69, 9.17) is 0 Å². The minimum absolute atomic E-state index is 0.0913. The fourth-order valence-corrected chi connectivity index (χ4v) is 2.16. The van der Waals surface area contributed by atoms with Gasteiger partial charge in [0.1, 0.15) is 0 Å². The fourth-order valence-electron chi connectivity index (χ4n) is 2.16. The molecule has 0 radical (unpaired) electrons. The van der Waals surface area contributed by atoms with Gasteiger partial charge in [0.05, 0.1) is 0 Å². The van der Waals surface area contributed by atoms with E-state index in [1.807, 2.05) is 26.1 Å². The molecule has 1 unspecified atom stereocenters. The molecule has 2 amide bonds. The van der Waals surface area contributed by atoms with Gasteiger partial charge in [-0.3, -0.25) is 9.59 Å². The highest BCUT2D eigenvalue weighted by Gasteiger charge is 2.21. The second-order valence-electron chi connectivity index (χ2n) is 5.10. The van der Waals surface area contributed by atoms with Gasteiger partial charge in [-0.1, -0.05) is 0 Å². The topological polar surface area (TPSA) is 61.4 Å². The van der Waals surface area contributed by atoms with Gasteiger partial charge in [0, 0.05) is 36.8 Å². The number of hydrogen-bond donors (Lipinski definition) is 2. The maximum absolute atomic E-state index is 11.9. The SMILES string of the molecule is CNC(C)CNC(=O)c1ccc(N2CCCC2=O)cc1. The molecular formula is C15H21N3O2. The van der Waals surface area contributed by atoms with Crippen molar-refractivity contribution in [1.82, 2.24) is 10.6 Å². The van der Waals surface area contributed by atoms with Crippen LogP contribution in [0.5, 0.6) is 0 Å². The number of amides is 2. The molecule has 1 atom stereocenters. The lowest BCUT2D eigenvalue weighted by molar-refractivity contribution is -0.117. The molecule has 1 fully saturated rings. The van der Waals surface area contributed by atoms with Gasteiger partial charge in [-0.2, -0.15) is 0 Å². The highest BCUT2D eigenvalue weighted by atomic mass is 16.2. The maximum Gasteiger partial charge on any atom is 0.251 e. The highest BCUT2D eigenvalue weighted by Crippen LogP contribution is 2.21. The molecule has 0 spiro atoms. The Morgan fingerprint density at radius 1 is 1.35 bits per heavy atom. The molecule has 1 heterocycles. The largest absolute Gasteiger partial charge is 0.350 e. The smallest absolute Gasteiger partial charge is 0.251 e. The van der Waals surface area contributed by atoms with Crippen molar-refractivity contribution < 1.29 is 9.59 Å². The van der Waals surface area contributed by atoms with Crippen LogP contribution in [0, 0.1) is 0 Å². The predicted octanol–water partition coefficient (Wildman–Crippen LogP) is 1.15. The van der Waals surface area contributed by atoms with Crippen LogP contribution in [0.4, 0.5) is 5.69 Å². The molecule has 1 aromatic carbocycles. The lowest BCUT2D eigenvalue weighted by Gasteiger charge is -2.16. The molecule has 0 bridgehead atoms. The third kappa shape index (κ3) is 3.36. The first-order valence-corrected chi connectivity index (χ1v) is 6.97. The predicted molar refractivity (Wildman–Crippen MR) is 78.9 cm³/mol. The second-order valence-corrected chi connectivity index (χ2v) is 5.10. The standard InChI is InChI=1S/C15H21N3O2/c1-11(16-2)10-17-15(20)12-5-7-13(8-6-12)18-9-3-4-14(18)19/h5-8,11,16H,3-4,9-10H2,1-2H3,(H,17,20). The highest BCUT2D eigenvalue weighted by molar-refractivity contribution is 5.97. The molecule has 0 aliphatic carbocycles. The van der Waals surface area contributed by atoms with E-state index in [1.165, 1.54) is 0 Å². The van der Waals surface area contributed by atoms with E-state index in [0.717, 1.165) is 18.7 Å². The molecule has 2 rings (SSSR count). The Labute approximate surface area is 119 Å². The van der Waals surface area contributed by atoms with E-state index in [0.29, 0.717) is 18.5 Å². The Bertz CT molecular complexity index is 484. The first-order chi connectivity index (χ1) is 9.61. The third-order valence-electron chi connectivity index (χ3n) is 3.58. The summed E-state index contributed by atoms with van der Waals surface area (Å²) in [5, 5.41) is 5.93. The summed E-state index contributed by atoms with van der Waals surface area (Å²) in [5.41, 5.74) is 1.48. The van der Waals surface area contributed by atoms with E-state index in [-0.39, 0.29) is 17.9 Å². The van der Waals surface area contributed by atoms with Gasteiger partial charge in [-0.05, 0) is 44.7 Å². The number of rotatable bonds is 5. The first kappa shape index (κ1) is 14.5. The van der Waals surface area contributed by atoms with Gasteiger partial charge < -0.3 is 15.5 Å². The number of carbonyl (C=O) groups is 2. The van der Waals surface area contributed by atoms with Crippen LogP contribution in [-0.4, -0.2) is 38.0 Å². The summed E-state index contributed by atoms with van der Waals surface area (Å²) in [6.07, 6.45) is 1.52. The zero-order valence-corrected chi connectivity index (χ0v) is 12.0. The number of nitrogens with zero attached hydrogens (tertiary/aromatic N) is 1. The van der Waals surface area contributed by atoms with Crippen LogP contribution >= 0.6 is 0 Å². The zero-order chi connectivity index (χ0) is 14.5. The van der Waals surface area contributed by atoms with Crippen LogP contribution in [-0.2, 0) is 4.79 Å². The van der Waals surface area contributed by atoms with Crippen molar-refractivity contribution >= 4 is 17.5 Å². The summed E-state index contributed by atoms with van der Waals surface area (Å²) >= 11 is 0. The molecule has 20 heavy (non-hydrogen) atoms. The molecule has 1 aromatic rings. The van der Waals surface area contributed by atoms with Crippen molar-refractivity contribution in [2.75, 3.05) is 25.0 Å². The molecule has 0 aromatic heterocycles. The van der Waals surface area contributed by atoms with Crippen LogP contribution < -0.4 is 15.5 Å². The molecule has 1 aliphatic heterocycles. The zero-order valence-electron chi connectivity index (χ0n) is 12.0. The number of anilines is 1. The molecule has 5 heteroatoms. The van der Waals surface area contributed by atoms with Crippen molar-refractivity contribution in [1.29, 1.82) is 0 Å². The van der Waals surface area contributed by atoms with Crippen LogP contribution in [0.1, 0.15) is 30.1 Å². The molecular weight excluding hydrogens is 254 g/mol. The monoisotopic (exact) mass is 275 g/mol. The second kappa shape index (κ2) is 6.52. The van der Waals surface area contributed by atoms with E-state index < -0.39 is 0 Å². The van der Waals surface area contributed by atoms with Crippen molar-refractivity contribution in [3.05, 3.63) is 29.8 Å². The quantitative estimate of drug-likeness (QED) is 0.847. The number of likely N-dealkylation sites (N-methyl/N-ethyl adjacent to an activating group) is 1. The third-order valence-corrected chi connectivity index (χ3v) is 3.58. The summed E-state index contributed by atoms with van der Waals surface area (Å²) in [6, 6.07) is 7.43. The molecule has 5 nitrogen and oxygen atoms in total. The molecule has 2 N–H and O–H groups in total. The van der Waals surface area contributed by atoms with Crippen molar-refractivity contribution in [2.45, 2.75) is 25.8 Å².